The Morgan fingerprint density at radius 1 is 1.28 bits per heavy atom. The molecule has 0 fully saturated rings. The van der Waals surface area contributed by atoms with Crippen LogP contribution in [0.3, 0.4) is 0 Å². The van der Waals surface area contributed by atoms with Crippen LogP contribution in [0.2, 0.25) is 0 Å². The minimum Gasteiger partial charge on any atom is -0.386 e. The van der Waals surface area contributed by atoms with Crippen molar-refractivity contribution >= 4 is 32.5 Å². The number of aromatic nitrogens is 8. The molecular weight excluding hydrogens is 392 g/mol. The van der Waals surface area contributed by atoms with Crippen LogP contribution in [0.25, 0.3) is 21.1 Å². The average molecular weight is 408 g/mol. The van der Waals surface area contributed by atoms with Gasteiger partial charge in [-0.25, -0.2) is 4.98 Å². The number of aliphatic hydroxyl groups excluding tert-OH is 1. The molecule has 0 aliphatic carbocycles. The van der Waals surface area contributed by atoms with Crippen molar-refractivity contribution < 1.29 is 5.11 Å². The van der Waals surface area contributed by atoms with Crippen molar-refractivity contribution in [3.8, 4) is 0 Å². The van der Waals surface area contributed by atoms with E-state index >= 15 is 0 Å². The number of hydrogen-bond donors (Lipinski definition) is 1. The summed E-state index contributed by atoms with van der Waals surface area (Å²) in [7, 11) is 1.69. The number of thiophene rings is 1. The predicted octanol–water partition coefficient (Wildman–Crippen LogP) is 1.11. The smallest absolute Gasteiger partial charge is 0.279 e. The van der Waals surface area contributed by atoms with Gasteiger partial charge in [-0.1, -0.05) is 18.2 Å². The van der Waals surface area contributed by atoms with Gasteiger partial charge in [0, 0.05) is 16.6 Å². The number of hydrogen-bond acceptors (Lipinski definition) is 8. The lowest BCUT2D eigenvalue weighted by Crippen LogP contribution is -2.23. The van der Waals surface area contributed by atoms with Crippen LogP contribution in [0.1, 0.15) is 16.8 Å². The molecule has 0 aliphatic heterocycles. The summed E-state index contributed by atoms with van der Waals surface area (Å²) in [4.78, 5) is 19.0. The second-order valence-electron chi connectivity index (χ2n) is 6.64. The van der Waals surface area contributed by atoms with Crippen LogP contribution >= 0.6 is 11.3 Å². The fraction of sp³-hybridized carbons (Fsp3) is 0.222. The SMILES string of the molecule is Cn1ncc2ncn(Cc3nnn(CC(O)c4cc5ccccc5s4)n3)c(=O)c21. The quantitative estimate of drug-likeness (QED) is 0.463. The molecule has 5 rings (SSSR count). The van der Waals surface area contributed by atoms with Crippen molar-refractivity contribution in [2.45, 2.75) is 19.2 Å². The van der Waals surface area contributed by atoms with Gasteiger partial charge in [-0.05, 0) is 22.7 Å². The highest BCUT2D eigenvalue weighted by molar-refractivity contribution is 7.19. The molecule has 1 atom stereocenters. The predicted molar refractivity (Wildman–Crippen MR) is 106 cm³/mol. The van der Waals surface area contributed by atoms with E-state index in [2.05, 4.69) is 25.5 Å². The van der Waals surface area contributed by atoms with E-state index < -0.39 is 6.10 Å². The van der Waals surface area contributed by atoms with E-state index in [1.807, 2.05) is 30.3 Å². The van der Waals surface area contributed by atoms with Crippen LogP contribution in [0.5, 0.6) is 0 Å². The standard InChI is InChI=1S/C18H16N8O2S/c1-24-17-12(7-20-24)19-10-25(18(17)28)9-16-21-23-26(22-16)8-13(27)15-6-11-4-2-3-5-14(11)29-15/h2-7,10,13,27H,8-9H2,1H3. The first kappa shape index (κ1) is 17.6. The number of nitrogens with zero attached hydrogens (tertiary/aromatic N) is 8. The van der Waals surface area contributed by atoms with Crippen LogP contribution in [0.4, 0.5) is 0 Å². The molecule has 11 heteroatoms. The second-order valence-corrected chi connectivity index (χ2v) is 7.76. The van der Waals surface area contributed by atoms with Crippen molar-refractivity contribution in [2.75, 3.05) is 0 Å². The third-order valence-electron chi connectivity index (χ3n) is 4.63. The molecule has 1 unspecified atom stereocenters. The molecule has 10 nitrogen and oxygen atoms in total. The van der Waals surface area contributed by atoms with Crippen molar-refractivity contribution in [3.05, 3.63) is 63.9 Å². The molecule has 0 aliphatic rings. The largest absolute Gasteiger partial charge is 0.386 e. The summed E-state index contributed by atoms with van der Waals surface area (Å²) in [5.74, 6) is 0.360. The fourth-order valence-electron chi connectivity index (χ4n) is 3.18. The van der Waals surface area contributed by atoms with Gasteiger partial charge in [0.15, 0.2) is 11.3 Å². The Morgan fingerprint density at radius 2 is 2.14 bits per heavy atom. The van der Waals surface area contributed by atoms with Gasteiger partial charge in [0.25, 0.3) is 5.56 Å². The molecule has 0 bridgehead atoms. The third kappa shape index (κ3) is 3.19. The molecule has 0 radical (unpaired) electrons. The monoisotopic (exact) mass is 408 g/mol. The minimum atomic E-state index is -0.746. The highest BCUT2D eigenvalue weighted by atomic mass is 32.1. The number of rotatable bonds is 5. The molecule has 0 saturated carbocycles. The first-order valence-electron chi connectivity index (χ1n) is 8.89. The Bertz CT molecular complexity index is 1350. The molecular formula is C18H16N8O2S. The Balaban J connectivity index is 1.35. The maximum Gasteiger partial charge on any atom is 0.279 e. The first-order valence-corrected chi connectivity index (χ1v) is 9.70. The van der Waals surface area contributed by atoms with Gasteiger partial charge in [-0.3, -0.25) is 14.0 Å². The van der Waals surface area contributed by atoms with Crippen molar-refractivity contribution in [1.29, 1.82) is 0 Å². The molecule has 4 heterocycles. The lowest BCUT2D eigenvalue weighted by molar-refractivity contribution is 0.148. The Morgan fingerprint density at radius 3 is 3.00 bits per heavy atom. The maximum absolute atomic E-state index is 12.6. The number of tetrazole rings is 1. The summed E-state index contributed by atoms with van der Waals surface area (Å²) in [6, 6.07) is 9.94. The Kier molecular flexibility index (Phi) is 4.18. The highest BCUT2D eigenvalue weighted by Gasteiger charge is 2.15. The zero-order valence-electron chi connectivity index (χ0n) is 15.4. The van der Waals surface area contributed by atoms with Crippen LogP contribution in [0.15, 0.2) is 47.7 Å². The summed E-state index contributed by atoms with van der Waals surface area (Å²) >= 11 is 1.54. The first-order chi connectivity index (χ1) is 14.1. The highest BCUT2D eigenvalue weighted by Crippen LogP contribution is 2.30. The molecule has 1 aromatic carbocycles. The zero-order valence-corrected chi connectivity index (χ0v) is 16.2. The van der Waals surface area contributed by atoms with Crippen LogP contribution in [0, 0.1) is 0 Å². The lowest BCUT2D eigenvalue weighted by Gasteiger charge is -2.06. The normalized spacial score (nSPS) is 12.8. The van der Waals surface area contributed by atoms with E-state index in [9.17, 15) is 9.90 Å². The van der Waals surface area contributed by atoms with Crippen molar-refractivity contribution in [1.82, 2.24) is 39.5 Å². The lowest BCUT2D eigenvalue weighted by atomic mass is 10.2. The summed E-state index contributed by atoms with van der Waals surface area (Å²) in [5, 5.41) is 28.0. The van der Waals surface area contributed by atoms with Crippen LogP contribution in [-0.2, 0) is 20.1 Å². The molecule has 4 aromatic heterocycles. The Labute approximate surface area is 167 Å². The number of aliphatic hydroxyl groups is 1. The maximum atomic E-state index is 12.6. The summed E-state index contributed by atoms with van der Waals surface area (Å²) < 4.78 is 4.02. The van der Waals surface area contributed by atoms with Gasteiger partial charge >= 0.3 is 0 Å². The van der Waals surface area contributed by atoms with Gasteiger partial charge in [0.05, 0.1) is 25.6 Å². The molecule has 0 spiro atoms. The van der Waals surface area contributed by atoms with E-state index in [-0.39, 0.29) is 18.6 Å². The molecule has 0 saturated heterocycles. The van der Waals surface area contributed by atoms with Gasteiger partial charge in [-0.2, -0.15) is 9.90 Å². The van der Waals surface area contributed by atoms with Crippen LogP contribution in [-0.4, -0.2) is 44.6 Å². The van der Waals surface area contributed by atoms with Crippen molar-refractivity contribution in [3.63, 3.8) is 0 Å². The van der Waals surface area contributed by atoms with Gasteiger partial charge in [0.2, 0.25) is 0 Å². The summed E-state index contributed by atoms with van der Waals surface area (Å²) in [6.07, 6.45) is 2.24. The van der Waals surface area contributed by atoms with E-state index in [0.717, 1.165) is 15.0 Å². The molecule has 0 amide bonds. The van der Waals surface area contributed by atoms with Gasteiger partial charge < -0.3 is 5.11 Å². The van der Waals surface area contributed by atoms with E-state index in [1.54, 1.807) is 13.2 Å². The Hall–Kier alpha value is -3.44. The average Bonchev–Trinajstić information content (AvgIpc) is 3.43. The summed E-state index contributed by atoms with van der Waals surface area (Å²) in [6.45, 7) is 0.305. The topological polar surface area (TPSA) is 117 Å². The van der Waals surface area contributed by atoms with Crippen LogP contribution < -0.4 is 5.56 Å². The second kappa shape index (κ2) is 6.87. The zero-order chi connectivity index (χ0) is 20.0. The van der Waals surface area contributed by atoms with Gasteiger partial charge in [-0.15, -0.1) is 21.5 Å². The fourth-order valence-corrected chi connectivity index (χ4v) is 4.22. The minimum absolute atomic E-state index is 0.131. The van der Waals surface area contributed by atoms with Gasteiger partial charge in [0.1, 0.15) is 11.6 Å². The number of benzene rings is 1. The van der Waals surface area contributed by atoms with Crippen molar-refractivity contribution in [2.24, 2.45) is 7.05 Å². The molecule has 29 heavy (non-hydrogen) atoms. The molecule has 5 aromatic rings. The van der Waals surface area contributed by atoms with E-state index in [1.165, 1.54) is 31.7 Å². The third-order valence-corrected chi connectivity index (χ3v) is 5.85. The number of fused-ring (bicyclic) bond motifs is 2. The molecule has 1 N–H and O–H groups in total. The van der Waals surface area contributed by atoms with E-state index in [0.29, 0.717) is 16.9 Å². The number of aryl methyl sites for hydroxylation is 1. The molecule has 146 valence electrons. The summed E-state index contributed by atoms with van der Waals surface area (Å²) in [5.41, 5.74) is 0.730. The van der Waals surface area contributed by atoms with E-state index in [4.69, 9.17) is 0 Å².